The molecule has 0 fully saturated rings. The van der Waals surface area contributed by atoms with E-state index in [0.717, 1.165) is 22.0 Å². The molecule has 0 spiro atoms. The summed E-state index contributed by atoms with van der Waals surface area (Å²) in [5.74, 6) is 0. The molecule has 0 bridgehead atoms. The topological polar surface area (TPSA) is 48.1 Å². The van der Waals surface area contributed by atoms with Gasteiger partial charge in [-0.2, -0.15) is 13.2 Å². The molecule has 7 heteroatoms. The van der Waals surface area contributed by atoms with Crippen LogP contribution < -0.4 is 5.73 Å². The van der Waals surface area contributed by atoms with Crippen molar-refractivity contribution in [1.29, 1.82) is 0 Å². The molecule has 0 saturated carbocycles. The lowest BCUT2D eigenvalue weighted by atomic mass is 10.3. The third-order valence-electron chi connectivity index (χ3n) is 2.03. The summed E-state index contributed by atoms with van der Waals surface area (Å²) < 4.78 is 39.9. The van der Waals surface area contributed by atoms with Gasteiger partial charge in [0.15, 0.2) is 0 Å². The lowest BCUT2D eigenvalue weighted by Gasteiger charge is -2.06. The summed E-state index contributed by atoms with van der Waals surface area (Å²) in [6.45, 7) is 1.26. The Balaban J connectivity index is 2.34. The Bertz CT molecular complexity index is 352. The highest BCUT2D eigenvalue weighted by atomic mass is 32.1. The number of aromatic nitrogens is 1. The minimum atomic E-state index is -4.26. The minimum Gasteiger partial charge on any atom is -0.372 e. The molecule has 1 rings (SSSR count). The molecule has 0 unspecified atom stereocenters. The largest absolute Gasteiger partial charge is 0.411 e. The quantitative estimate of drug-likeness (QED) is 0.803. The van der Waals surface area contributed by atoms with Crippen LogP contribution in [0.3, 0.4) is 0 Å². The Morgan fingerprint density at radius 2 is 2.06 bits per heavy atom. The zero-order valence-corrected chi connectivity index (χ0v) is 10.3. The van der Waals surface area contributed by atoms with E-state index in [9.17, 15) is 13.2 Å². The van der Waals surface area contributed by atoms with Crippen molar-refractivity contribution in [2.45, 2.75) is 25.9 Å². The highest BCUT2D eigenvalue weighted by Gasteiger charge is 2.27. The summed E-state index contributed by atoms with van der Waals surface area (Å²) in [6, 6.07) is 0. The van der Waals surface area contributed by atoms with E-state index in [2.05, 4.69) is 9.72 Å². The lowest BCUT2D eigenvalue weighted by Crippen LogP contribution is -2.17. The highest BCUT2D eigenvalue weighted by Crippen LogP contribution is 2.19. The number of ether oxygens (including phenoxy) is 1. The monoisotopic (exact) mass is 268 g/mol. The van der Waals surface area contributed by atoms with Crippen molar-refractivity contribution in [3.05, 3.63) is 15.6 Å². The van der Waals surface area contributed by atoms with Gasteiger partial charge in [0.05, 0.1) is 17.3 Å². The first-order valence-electron chi connectivity index (χ1n) is 5.22. The molecule has 1 aromatic heterocycles. The summed E-state index contributed by atoms with van der Waals surface area (Å²) in [5, 5.41) is 0.799. The average Bonchev–Trinajstić information content (AvgIpc) is 2.54. The second-order valence-electron chi connectivity index (χ2n) is 3.57. The van der Waals surface area contributed by atoms with Crippen LogP contribution in [0.2, 0.25) is 0 Å². The molecule has 17 heavy (non-hydrogen) atoms. The molecular weight excluding hydrogens is 253 g/mol. The first-order valence-corrected chi connectivity index (χ1v) is 6.04. The second-order valence-corrected chi connectivity index (χ2v) is 4.74. The number of halogens is 3. The van der Waals surface area contributed by atoms with E-state index in [1.54, 1.807) is 0 Å². The van der Waals surface area contributed by atoms with Gasteiger partial charge in [-0.1, -0.05) is 0 Å². The predicted molar refractivity (Wildman–Crippen MR) is 60.2 cm³/mol. The Hall–Kier alpha value is -0.660. The fourth-order valence-electron chi connectivity index (χ4n) is 1.31. The van der Waals surface area contributed by atoms with Gasteiger partial charge in [0, 0.05) is 11.3 Å². The van der Waals surface area contributed by atoms with E-state index in [4.69, 9.17) is 5.73 Å². The van der Waals surface area contributed by atoms with Crippen molar-refractivity contribution < 1.29 is 17.9 Å². The minimum absolute atomic E-state index is 0.0362. The van der Waals surface area contributed by atoms with Gasteiger partial charge in [0.2, 0.25) is 0 Å². The maximum atomic E-state index is 11.8. The molecule has 3 nitrogen and oxygen atoms in total. The SMILES string of the molecule is Cc1nc(CCOCC(F)(F)F)sc1CCN. The van der Waals surface area contributed by atoms with Crippen molar-refractivity contribution >= 4 is 11.3 Å². The van der Waals surface area contributed by atoms with Crippen LogP contribution in [0.5, 0.6) is 0 Å². The van der Waals surface area contributed by atoms with Crippen molar-refractivity contribution in [1.82, 2.24) is 4.98 Å². The summed E-state index contributed by atoms with van der Waals surface area (Å²) in [6.07, 6.45) is -3.09. The van der Waals surface area contributed by atoms with Crippen molar-refractivity contribution in [2.24, 2.45) is 5.73 Å². The van der Waals surface area contributed by atoms with E-state index in [1.807, 2.05) is 6.92 Å². The van der Waals surface area contributed by atoms with Gasteiger partial charge in [-0.25, -0.2) is 4.98 Å². The van der Waals surface area contributed by atoms with Crippen LogP contribution in [0.4, 0.5) is 13.2 Å². The van der Waals surface area contributed by atoms with E-state index in [0.29, 0.717) is 13.0 Å². The summed E-state index contributed by atoms with van der Waals surface area (Å²) >= 11 is 1.49. The molecule has 1 heterocycles. The van der Waals surface area contributed by atoms with Crippen LogP contribution in [0.25, 0.3) is 0 Å². The average molecular weight is 268 g/mol. The number of rotatable bonds is 6. The predicted octanol–water partition coefficient (Wildman–Crippen LogP) is 2.07. The molecule has 0 aliphatic carbocycles. The molecule has 98 valence electrons. The maximum absolute atomic E-state index is 11.8. The fourth-order valence-corrected chi connectivity index (χ4v) is 2.37. The van der Waals surface area contributed by atoms with Gasteiger partial charge in [-0.3, -0.25) is 0 Å². The number of nitrogens with two attached hydrogens (primary N) is 1. The molecule has 0 atom stereocenters. The van der Waals surface area contributed by atoms with Gasteiger partial charge in [-0.05, 0) is 19.9 Å². The van der Waals surface area contributed by atoms with Crippen LogP contribution in [0, 0.1) is 6.92 Å². The van der Waals surface area contributed by atoms with E-state index >= 15 is 0 Å². The molecule has 0 aromatic carbocycles. The molecular formula is C10H15F3N2OS. The smallest absolute Gasteiger partial charge is 0.372 e. The Morgan fingerprint density at radius 3 is 2.65 bits per heavy atom. The first kappa shape index (κ1) is 14.4. The Kier molecular flexibility index (Phi) is 5.35. The van der Waals surface area contributed by atoms with Crippen LogP contribution in [0.1, 0.15) is 15.6 Å². The zero-order chi connectivity index (χ0) is 12.9. The first-order chi connectivity index (χ1) is 7.92. The standard InChI is InChI=1S/C10H15F3N2OS/c1-7-8(2-4-14)17-9(15-7)3-5-16-6-10(11,12)13/h2-6,14H2,1H3. The van der Waals surface area contributed by atoms with Gasteiger partial charge in [-0.15, -0.1) is 11.3 Å². The van der Waals surface area contributed by atoms with Crippen molar-refractivity contribution in [3.8, 4) is 0 Å². The van der Waals surface area contributed by atoms with Crippen molar-refractivity contribution in [3.63, 3.8) is 0 Å². The molecule has 0 saturated heterocycles. The number of hydrogen-bond acceptors (Lipinski definition) is 4. The third-order valence-corrected chi connectivity index (χ3v) is 3.31. The zero-order valence-electron chi connectivity index (χ0n) is 9.51. The number of aryl methyl sites for hydroxylation is 1. The van der Waals surface area contributed by atoms with Gasteiger partial charge < -0.3 is 10.5 Å². The Morgan fingerprint density at radius 1 is 1.35 bits per heavy atom. The van der Waals surface area contributed by atoms with E-state index in [1.165, 1.54) is 11.3 Å². The van der Waals surface area contributed by atoms with Crippen molar-refractivity contribution in [2.75, 3.05) is 19.8 Å². The van der Waals surface area contributed by atoms with Crippen LogP contribution in [0.15, 0.2) is 0 Å². The molecule has 0 amide bonds. The lowest BCUT2D eigenvalue weighted by molar-refractivity contribution is -0.173. The highest BCUT2D eigenvalue weighted by molar-refractivity contribution is 7.11. The molecule has 0 aliphatic rings. The van der Waals surface area contributed by atoms with Crippen LogP contribution >= 0.6 is 11.3 Å². The van der Waals surface area contributed by atoms with E-state index in [-0.39, 0.29) is 6.61 Å². The number of hydrogen-bond donors (Lipinski definition) is 1. The fraction of sp³-hybridized carbons (Fsp3) is 0.700. The Labute approximate surface area is 102 Å². The van der Waals surface area contributed by atoms with E-state index < -0.39 is 12.8 Å². The molecule has 0 aliphatic heterocycles. The van der Waals surface area contributed by atoms with Gasteiger partial charge in [0.1, 0.15) is 6.61 Å². The molecule has 1 aromatic rings. The number of thiazole rings is 1. The second kappa shape index (κ2) is 6.32. The molecule has 0 radical (unpaired) electrons. The summed E-state index contributed by atoms with van der Waals surface area (Å²) in [4.78, 5) is 5.36. The van der Waals surface area contributed by atoms with Gasteiger partial charge >= 0.3 is 6.18 Å². The summed E-state index contributed by atoms with van der Waals surface area (Å²) in [5.41, 5.74) is 6.35. The maximum Gasteiger partial charge on any atom is 0.411 e. The number of alkyl halides is 3. The van der Waals surface area contributed by atoms with Crippen LogP contribution in [-0.2, 0) is 17.6 Å². The summed E-state index contributed by atoms with van der Waals surface area (Å²) in [7, 11) is 0. The molecule has 2 N–H and O–H groups in total. The third kappa shape index (κ3) is 5.47. The van der Waals surface area contributed by atoms with Gasteiger partial charge in [0.25, 0.3) is 0 Å². The normalized spacial score (nSPS) is 12.1. The number of nitrogens with zero attached hydrogens (tertiary/aromatic N) is 1. The van der Waals surface area contributed by atoms with Crippen LogP contribution in [-0.4, -0.2) is 30.9 Å².